The maximum atomic E-state index is 13.1. The van der Waals surface area contributed by atoms with Crippen molar-refractivity contribution in [3.63, 3.8) is 0 Å². The lowest BCUT2D eigenvalue weighted by molar-refractivity contribution is -0.134. The first-order valence-corrected chi connectivity index (χ1v) is 10.9. The zero-order valence-corrected chi connectivity index (χ0v) is 18.1. The third-order valence-electron chi connectivity index (χ3n) is 6.44. The number of aryl methyl sites for hydroxylation is 1. The summed E-state index contributed by atoms with van der Waals surface area (Å²) in [7, 11) is 3.37. The topological polar surface area (TPSA) is 71.0 Å². The molecule has 1 aliphatic carbocycles. The number of carbonyl (C=O) groups is 1. The van der Waals surface area contributed by atoms with Crippen LogP contribution >= 0.6 is 0 Å². The molecule has 0 radical (unpaired) electrons. The molecular formula is C23H36N2O4. The van der Waals surface area contributed by atoms with Gasteiger partial charge in [0.1, 0.15) is 5.75 Å². The number of carbonyl (C=O) groups excluding carboxylic acids is 1. The number of methoxy groups -OCH3 is 2. The van der Waals surface area contributed by atoms with Crippen molar-refractivity contribution in [3.8, 4) is 5.75 Å². The van der Waals surface area contributed by atoms with Crippen LogP contribution in [0.2, 0.25) is 0 Å². The lowest BCUT2D eigenvalue weighted by Gasteiger charge is -2.39. The average molecular weight is 405 g/mol. The Morgan fingerprint density at radius 1 is 1.28 bits per heavy atom. The summed E-state index contributed by atoms with van der Waals surface area (Å²) in [5, 5.41) is 13.9. The van der Waals surface area contributed by atoms with Crippen LogP contribution < -0.4 is 10.1 Å². The third-order valence-corrected chi connectivity index (χ3v) is 6.44. The van der Waals surface area contributed by atoms with Gasteiger partial charge in [0, 0.05) is 25.8 Å². The number of benzene rings is 1. The molecule has 2 aliphatic rings. The van der Waals surface area contributed by atoms with Crippen LogP contribution in [0.1, 0.15) is 61.8 Å². The fraction of sp³-hybridized carbons (Fsp3) is 0.696. The van der Waals surface area contributed by atoms with E-state index in [1.165, 1.54) is 12.0 Å². The van der Waals surface area contributed by atoms with E-state index in [1.54, 1.807) is 14.2 Å². The molecule has 0 saturated heterocycles. The second kappa shape index (κ2) is 9.92. The van der Waals surface area contributed by atoms with E-state index in [-0.39, 0.29) is 18.5 Å². The Kier molecular flexibility index (Phi) is 7.55. The number of ether oxygens (including phenoxy) is 2. The van der Waals surface area contributed by atoms with E-state index in [4.69, 9.17) is 9.47 Å². The molecule has 3 rings (SSSR count). The van der Waals surface area contributed by atoms with Gasteiger partial charge in [0.15, 0.2) is 0 Å². The summed E-state index contributed by atoms with van der Waals surface area (Å²) in [5.74, 6) is 0.926. The summed E-state index contributed by atoms with van der Waals surface area (Å²) < 4.78 is 11.3. The molecule has 6 heteroatoms. The third kappa shape index (κ3) is 4.93. The summed E-state index contributed by atoms with van der Waals surface area (Å²) in [6.07, 6.45) is 6.63. The SMILES string of the molecule is CCc1ccc2c(c1OC)C(COC)N(C(=O)CNCC1(O)CCCCC1)CC2. The number of hydrogen-bond acceptors (Lipinski definition) is 5. The molecule has 1 aromatic carbocycles. The standard InChI is InChI=1S/C23H36N2O4/c1-4-17-8-9-18-10-13-25(19(15-28-2)21(18)22(17)29-3)20(26)14-24-16-23(27)11-6-5-7-12-23/h8-9,19,24,27H,4-7,10-16H2,1-3H3. The molecule has 0 aromatic heterocycles. The second-order valence-corrected chi connectivity index (χ2v) is 8.38. The molecule has 1 saturated carbocycles. The molecule has 0 bridgehead atoms. The second-order valence-electron chi connectivity index (χ2n) is 8.38. The van der Waals surface area contributed by atoms with Gasteiger partial charge in [-0.3, -0.25) is 4.79 Å². The predicted octanol–water partition coefficient (Wildman–Crippen LogP) is 2.61. The van der Waals surface area contributed by atoms with Crippen LogP contribution in [0.3, 0.4) is 0 Å². The van der Waals surface area contributed by atoms with E-state index >= 15 is 0 Å². The maximum Gasteiger partial charge on any atom is 0.237 e. The molecule has 162 valence electrons. The number of amides is 1. The predicted molar refractivity (Wildman–Crippen MR) is 113 cm³/mol. The summed E-state index contributed by atoms with van der Waals surface area (Å²) >= 11 is 0. The van der Waals surface area contributed by atoms with Gasteiger partial charge in [0.05, 0.1) is 31.9 Å². The molecule has 1 atom stereocenters. The minimum atomic E-state index is -0.668. The highest BCUT2D eigenvalue weighted by Crippen LogP contribution is 2.39. The first-order chi connectivity index (χ1) is 14.0. The highest BCUT2D eigenvalue weighted by Gasteiger charge is 2.34. The number of nitrogens with one attached hydrogen (secondary N) is 1. The normalized spacial score (nSPS) is 21.0. The number of fused-ring (bicyclic) bond motifs is 1. The summed E-state index contributed by atoms with van der Waals surface area (Å²) in [6, 6.07) is 4.14. The van der Waals surface area contributed by atoms with Crippen molar-refractivity contribution in [1.82, 2.24) is 10.2 Å². The number of aliphatic hydroxyl groups is 1. The van der Waals surface area contributed by atoms with Crippen LogP contribution in [-0.4, -0.2) is 62.0 Å². The minimum Gasteiger partial charge on any atom is -0.496 e. The molecule has 1 heterocycles. The highest BCUT2D eigenvalue weighted by molar-refractivity contribution is 5.79. The van der Waals surface area contributed by atoms with Gasteiger partial charge < -0.3 is 24.8 Å². The van der Waals surface area contributed by atoms with Crippen LogP contribution in [0.4, 0.5) is 0 Å². The van der Waals surface area contributed by atoms with Crippen LogP contribution in [0.25, 0.3) is 0 Å². The van der Waals surface area contributed by atoms with Crippen LogP contribution in [0, 0.1) is 0 Å². The number of nitrogens with zero attached hydrogens (tertiary/aromatic N) is 1. The van der Waals surface area contributed by atoms with Gasteiger partial charge in [-0.15, -0.1) is 0 Å². The van der Waals surface area contributed by atoms with Gasteiger partial charge in [-0.2, -0.15) is 0 Å². The fourth-order valence-electron chi connectivity index (χ4n) is 4.86. The highest BCUT2D eigenvalue weighted by atomic mass is 16.5. The van der Waals surface area contributed by atoms with Crippen molar-refractivity contribution < 1.29 is 19.4 Å². The molecule has 1 aromatic rings. The van der Waals surface area contributed by atoms with Gasteiger partial charge in [0.25, 0.3) is 0 Å². The van der Waals surface area contributed by atoms with Crippen molar-refractivity contribution in [3.05, 3.63) is 28.8 Å². The fourth-order valence-corrected chi connectivity index (χ4v) is 4.86. The summed E-state index contributed by atoms with van der Waals surface area (Å²) in [5.41, 5.74) is 2.80. The Hall–Kier alpha value is -1.63. The zero-order chi connectivity index (χ0) is 20.9. The van der Waals surface area contributed by atoms with Crippen LogP contribution in [0.5, 0.6) is 5.75 Å². The molecule has 6 nitrogen and oxygen atoms in total. The van der Waals surface area contributed by atoms with E-state index < -0.39 is 5.60 Å². The lowest BCUT2D eigenvalue weighted by atomic mass is 9.85. The van der Waals surface area contributed by atoms with E-state index in [1.807, 2.05) is 4.90 Å². The quantitative estimate of drug-likeness (QED) is 0.697. The van der Waals surface area contributed by atoms with Gasteiger partial charge >= 0.3 is 0 Å². The van der Waals surface area contributed by atoms with Crippen molar-refractivity contribution in [2.24, 2.45) is 0 Å². The molecule has 1 unspecified atom stereocenters. The molecular weight excluding hydrogens is 368 g/mol. The van der Waals surface area contributed by atoms with E-state index in [9.17, 15) is 9.90 Å². The van der Waals surface area contributed by atoms with Crippen LogP contribution in [-0.2, 0) is 22.4 Å². The Morgan fingerprint density at radius 3 is 2.69 bits per heavy atom. The minimum absolute atomic E-state index is 0.0427. The van der Waals surface area contributed by atoms with Gasteiger partial charge in [-0.25, -0.2) is 0 Å². The van der Waals surface area contributed by atoms with Crippen molar-refractivity contribution in [1.29, 1.82) is 0 Å². The largest absolute Gasteiger partial charge is 0.496 e. The Morgan fingerprint density at radius 2 is 2.03 bits per heavy atom. The zero-order valence-electron chi connectivity index (χ0n) is 18.1. The molecule has 1 fully saturated rings. The van der Waals surface area contributed by atoms with Crippen molar-refractivity contribution in [2.45, 2.75) is 63.5 Å². The van der Waals surface area contributed by atoms with Crippen molar-refractivity contribution >= 4 is 5.91 Å². The Balaban J connectivity index is 1.73. The molecule has 29 heavy (non-hydrogen) atoms. The summed E-state index contributed by atoms with van der Waals surface area (Å²) in [6.45, 7) is 3.92. The molecule has 1 amide bonds. The Labute approximate surface area is 174 Å². The van der Waals surface area contributed by atoms with Gasteiger partial charge in [-0.1, -0.05) is 38.3 Å². The van der Waals surface area contributed by atoms with Crippen molar-refractivity contribution in [2.75, 3.05) is 40.5 Å². The van der Waals surface area contributed by atoms with E-state index in [2.05, 4.69) is 24.4 Å². The first kappa shape index (κ1) is 22.1. The average Bonchev–Trinajstić information content (AvgIpc) is 2.73. The molecule has 0 spiro atoms. The summed E-state index contributed by atoms with van der Waals surface area (Å²) in [4.78, 5) is 15.0. The smallest absolute Gasteiger partial charge is 0.237 e. The lowest BCUT2D eigenvalue weighted by Crippen LogP contribution is -2.49. The van der Waals surface area contributed by atoms with Gasteiger partial charge in [-0.05, 0) is 36.8 Å². The maximum absolute atomic E-state index is 13.1. The molecule has 2 N–H and O–H groups in total. The van der Waals surface area contributed by atoms with E-state index in [0.717, 1.165) is 55.4 Å². The monoisotopic (exact) mass is 404 g/mol. The molecule has 1 aliphatic heterocycles. The number of rotatable bonds is 8. The van der Waals surface area contributed by atoms with Crippen LogP contribution in [0.15, 0.2) is 12.1 Å². The number of hydrogen-bond donors (Lipinski definition) is 2. The Bertz CT molecular complexity index is 700. The van der Waals surface area contributed by atoms with E-state index in [0.29, 0.717) is 19.7 Å². The first-order valence-electron chi connectivity index (χ1n) is 10.9. The van der Waals surface area contributed by atoms with Gasteiger partial charge in [0.2, 0.25) is 5.91 Å².